The minimum Gasteiger partial charge on any atom is -0.341 e. The van der Waals surface area contributed by atoms with Gasteiger partial charge < -0.3 is 9.47 Å². The zero-order chi connectivity index (χ0) is 21.4. The molecule has 1 spiro atoms. The first kappa shape index (κ1) is 19.9. The van der Waals surface area contributed by atoms with Crippen LogP contribution in [0, 0.1) is 5.41 Å². The maximum Gasteiger partial charge on any atom is 0.277 e. The lowest BCUT2D eigenvalue weighted by Gasteiger charge is -2.39. The number of pyridine rings is 1. The van der Waals surface area contributed by atoms with Crippen molar-refractivity contribution in [1.82, 2.24) is 29.9 Å². The van der Waals surface area contributed by atoms with Crippen LogP contribution in [0.3, 0.4) is 0 Å². The zero-order valence-corrected chi connectivity index (χ0v) is 17.7. The lowest BCUT2D eigenvalue weighted by atomic mass is 9.78. The summed E-state index contributed by atoms with van der Waals surface area (Å²) in [5, 5.41) is 9.96. The van der Waals surface area contributed by atoms with Crippen LogP contribution in [0.4, 0.5) is 5.95 Å². The van der Waals surface area contributed by atoms with Crippen LogP contribution in [0.25, 0.3) is 11.0 Å². The van der Waals surface area contributed by atoms with Crippen LogP contribution in [0.5, 0.6) is 0 Å². The number of nitrogens with zero attached hydrogens (tertiary/aromatic N) is 6. The number of hydrogen-bond acceptors (Lipinski definition) is 7. The Morgan fingerprint density at radius 2 is 1.90 bits per heavy atom. The summed E-state index contributed by atoms with van der Waals surface area (Å²) in [6, 6.07) is 4.18. The van der Waals surface area contributed by atoms with E-state index in [1.807, 2.05) is 12.3 Å². The van der Waals surface area contributed by atoms with Crippen molar-refractivity contribution in [3.63, 3.8) is 0 Å². The molecular weight excluding hydrogens is 394 g/mol. The van der Waals surface area contributed by atoms with Gasteiger partial charge in [0.1, 0.15) is 5.65 Å². The quantitative estimate of drug-likeness (QED) is 0.491. The monoisotopic (exact) mass is 421 g/mol. The van der Waals surface area contributed by atoms with Gasteiger partial charge in [-0.1, -0.05) is 0 Å². The van der Waals surface area contributed by atoms with Gasteiger partial charge in [0.2, 0.25) is 5.95 Å². The van der Waals surface area contributed by atoms with E-state index in [1.54, 1.807) is 5.48 Å². The molecule has 31 heavy (non-hydrogen) atoms. The molecule has 0 aliphatic carbocycles. The molecule has 0 radical (unpaired) electrons. The predicted molar refractivity (Wildman–Crippen MR) is 116 cm³/mol. The number of rotatable bonds is 4. The second kappa shape index (κ2) is 7.90. The zero-order valence-electron chi connectivity index (χ0n) is 17.7. The van der Waals surface area contributed by atoms with Crippen LogP contribution in [0.1, 0.15) is 35.2 Å². The van der Waals surface area contributed by atoms with Crippen molar-refractivity contribution in [3.8, 4) is 0 Å². The molecule has 9 nitrogen and oxygen atoms in total. The molecule has 162 valence electrons. The van der Waals surface area contributed by atoms with E-state index >= 15 is 0 Å². The highest BCUT2D eigenvalue weighted by Crippen LogP contribution is 2.41. The second-order valence-electron chi connectivity index (χ2n) is 8.80. The Labute approximate surface area is 180 Å². The molecule has 0 unspecified atom stereocenters. The fraction of sp³-hybridized carbons (Fsp3) is 0.455. The van der Waals surface area contributed by atoms with Gasteiger partial charge in [0.25, 0.3) is 5.91 Å². The van der Waals surface area contributed by atoms with Gasteiger partial charge in [0, 0.05) is 63.4 Å². The number of carbonyl (C=O) groups excluding carboxylic acids is 1. The Bertz CT molecular complexity index is 1090. The lowest BCUT2D eigenvalue weighted by Crippen LogP contribution is -2.42. The highest BCUT2D eigenvalue weighted by Gasteiger charge is 2.41. The van der Waals surface area contributed by atoms with Gasteiger partial charge in [-0.3, -0.25) is 14.9 Å². The topological polar surface area (TPSA) is 99.4 Å². The molecule has 0 aromatic carbocycles. The van der Waals surface area contributed by atoms with Gasteiger partial charge in [-0.2, -0.15) is 0 Å². The molecule has 3 aromatic heterocycles. The Morgan fingerprint density at radius 1 is 1.16 bits per heavy atom. The van der Waals surface area contributed by atoms with Gasteiger partial charge >= 0.3 is 0 Å². The van der Waals surface area contributed by atoms with Crippen LogP contribution >= 0.6 is 0 Å². The van der Waals surface area contributed by atoms with E-state index in [9.17, 15) is 4.79 Å². The maximum atomic E-state index is 11.4. The third-order valence-corrected chi connectivity index (χ3v) is 6.84. The summed E-state index contributed by atoms with van der Waals surface area (Å²) in [5.74, 6) is 0.0413. The van der Waals surface area contributed by atoms with Crippen LogP contribution in [0.2, 0.25) is 0 Å². The SMILES string of the molecule is Cn1cc(CN2CCC3(CCN(c4ncc(C(=O)NO)cn4)CC3)C2)c2cccnc21. The van der Waals surface area contributed by atoms with E-state index in [1.165, 1.54) is 29.8 Å². The smallest absolute Gasteiger partial charge is 0.277 e. The van der Waals surface area contributed by atoms with Gasteiger partial charge in [0.05, 0.1) is 5.56 Å². The first-order valence-corrected chi connectivity index (χ1v) is 10.7. The summed E-state index contributed by atoms with van der Waals surface area (Å²) in [6.45, 7) is 5.03. The van der Waals surface area contributed by atoms with Gasteiger partial charge in [-0.25, -0.2) is 20.4 Å². The predicted octanol–water partition coefficient (Wildman–Crippen LogP) is 1.97. The van der Waals surface area contributed by atoms with Crippen molar-refractivity contribution in [2.45, 2.75) is 25.8 Å². The molecule has 5 heterocycles. The van der Waals surface area contributed by atoms with Crippen molar-refractivity contribution in [1.29, 1.82) is 0 Å². The first-order valence-electron chi connectivity index (χ1n) is 10.7. The van der Waals surface area contributed by atoms with E-state index in [4.69, 9.17) is 5.21 Å². The number of nitrogens with one attached hydrogen (secondary N) is 1. The minimum atomic E-state index is -0.600. The number of fused-ring (bicyclic) bond motifs is 1. The Hall–Kier alpha value is -3.04. The molecule has 2 fully saturated rings. The molecule has 9 heteroatoms. The summed E-state index contributed by atoms with van der Waals surface area (Å²) in [7, 11) is 2.06. The number of aromatic nitrogens is 4. The summed E-state index contributed by atoms with van der Waals surface area (Å²) in [5.41, 5.74) is 4.60. The van der Waals surface area contributed by atoms with Gasteiger partial charge in [-0.15, -0.1) is 0 Å². The third kappa shape index (κ3) is 3.75. The maximum absolute atomic E-state index is 11.4. The normalized spacial score (nSPS) is 18.7. The standard InChI is InChI=1S/C22H27N7O2/c1-27-13-17(18-3-2-7-23-19(18)27)14-28-8-4-22(15-28)5-9-29(10-6-22)21-24-11-16(12-25-21)20(30)26-31/h2-3,7,11-13,31H,4-6,8-10,14-15H2,1H3,(H,26,30). The fourth-order valence-corrected chi connectivity index (χ4v) is 5.08. The Kier molecular flexibility index (Phi) is 5.07. The van der Waals surface area contributed by atoms with Crippen molar-refractivity contribution < 1.29 is 10.0 Å². The number of piperidine rings is 1. The number of anilines is 1. The number of carbonyl (C=O) groups is 1. The van der Waals surface area contributed by atoms with Crippen LogP contribution < -0.4 is 10.4 Å². The molecule has 2 aliphatic heterocycles. The minimum absolute atomic E-state index is 0.245. The number of likely N-dealkylation sites (tertiary alicyclic amines) is 1. The van der Waals surface area contributed by atoms with Crippen molar-refractivity contribution in [2.24, 2.45) is 12.5 Å². The van der Waals surface area contributed by atoms with Crippen molar-refractivity contribution >= 4 is 22.9 Å². The fourth-order valence-electron chi connectivity index (χ4n) is 5.08. The summed E-state index contributed by atoms with van der Waals surface area (Å²) < 4.78 is 2.12. The van der Waals surface area contributed by atoms with E-state index in [0.717, 1.165) is 51.2 Å². The van der Waals surface area contributed by atoms with Gasteiger partial charge in [-0.05, 0) is 48.9 Å². The molecule has 0 saturated carbocycles. The molecule has 0 bridgehead atoms. The van der Waals surface area contributed by atoms with E-state index in [2.05, 4.69) is 48.6 Å². The highest BCUT2D eigenvalue weighted by atomic mass is 16.5. The van der Waals surface area contributed by atoms with Crippen molar-refractivity contribution in [2.75, 3.05) is 31.1 Å². The van der Waals surface area contributed by atoms with Crippen LogP contribution in [0.15, 0.2) is 36.9 Å². The average Bonchev–Trinajstić information content (AvgIpc) is 3.35. The molecule has 2 aliphatic rings. The largest absolute Gasteiger partial charge is 0.341 e. The van der Waals surface area contributed by atoms with E-state index in [-0.39, 0.29) is 5.56 Å². The number of hydroxylamine groups is 1. The second-order valence-corrected chi connectivity index (χ2v) is 8.80. The highest BCUT2D eigenvalue weighted by molar-refractivity contribution is 5.92. The average molecular weight is 422 g/mol. The van der Waals surface area contributed by atoms with Crippen LogP contribution in [-0.2, 0) is 13.6 Å². The molecule has 2 N–H and O–H groups in total. The molecular formula is C22H27N7O2. The summed E-state index contributed by atoms with van der Waals surface area (Å²) >= 11 is 0. The summed E-state index contributed by atoms with van der Waals surface area (Å²) in [4.78, 5) is 29.3. The van der Waals surface area contributed by atoms with Crippen molar-refractivity contribution in [3.05, 3.63) is 48.0 Å². The number of aryl methyl sites for hydroxylation is 1. The Balaban J connectivity index is 1.21. The number of hydrogen-bond donors (Lipinski definition) is 2. The molecule has 3 aromatic rings. The lowest BCUT2D eigenvalue weighted by molar-refractivity contribution is 0.0705. The van der Waals surface area contributed by atoms with E-state index in [0.29, 0.717) is 11.4 Å². The molecule has 5 rings (SSSR count). The van der Waals surface area contributed by atoms with Gasteiger partial charge in [0.15, 0.2) is 0 Å². The molecule has 0 atom stereocenters. The number of amides is 1. The van der Waals surface area contributed by atoms with Crippen LogP contribution in [-0.4, -0.2) is 61.7 Å². The Morgan fingerprint density at radius 3 is 2.65 bits per heavy atom. The van der Waals surface area contributed by atoms with E-state index < -0.39 is 5.91 Å². The molecule has 1 amide bonds. The molecule has 2 saturated heterocycles. The first-order chi connectivity index (χ1) is 15.1. The summed E-state index contributed by atoms with van der Waals surface area (Å²) in [6.07, 6.45) is 10.4. The third-order valence-electron chi connectivity index (χ3n) is 6.84.